The Labute approximate surface area is 142 Å². The molecule has 1 heterocycles. The molecular formula is C18H16BrNO3. The number of benzene rings is 2. The van der Waals surface area contributed by atoms with Crippen molar-refractivity contribution >= 4 is 32.8 Å². The molecule has 1 amide bonds. The molecule has 0 aliphatic heterocycles. The Morgan fingerprint density at radius 2 is 1.96 bits per heavy atom. The minimum absolute atomic E-state index is 0.203. The monoisotopic (exact) mass is 373 g/mol. The van der Waals surface area contributed by atoms with Crippen LogP contribution in [0, 0.1) is 0 Å². The van der Waals surface area contributed by atoms with Crippen molar-refractivity contribution in [2.75, 3.05) is 13.7 Å². The van der Waals surface area contributed by atoms with Crippen LogP contribution in [0.25, 0.3) is 11.0 Å². The lowest BCUT2D eigenvalue weighted by atomic mass is 10.1. The van der Waals surface area contributed by atoms with Gasteiger partial charge in [0.15, 0.2) is 5.76 Å². The first kappa shape index (κ1) is 15.6. The Balaban J connectivity index is 1.59. The molecule has 23 heavy (non-hydrogen) atoms. The van der Waals surface area contributed by atoms with Crippen LogP contribution in [0.1, 0.15) is 16.1 Å². The highest BCUT2D eigenvalue weighted by Gasteiger charge is 2.11. The number of carbonyl (C=O) groups is 1. The fourth-order valence-electron chi connectivity index (χ4n) is 2.32. The van der Waals surface area contributed by atoms with E-state index in [2.05, 4.69) is 21.2 Å². The molecule has 0 aliphatic carbocycles. The van der Waals surface area contributed by atoms with Crippen LogP contribution in [-0.4, -0.2) is 19.6 Å². The molecule has 1 aromatic heterocycles. The summed E-state index contributed by atoms with van der Waals surface area (Å²) in [6.07, 6.45) is 0.751. The molecule has 0 bridgehead atoms. The summed E-state index contributed by atoms with van der Waals surface area (Å²) in [7, 11) is 1.64. The number of hydrogen-bond donors (Lipinski definition) is 1. The van der Waals surface area contributed by atoms with E-state index in [0.717, 1.165) is 27.6 Å². The maximum Gasteiger partial charge on any atom is 0.287 e. The second-order valence-electron chi connectivity index (χ2n) is 5.15. The maximum absolute atomic E-state index is 12.2. The van der Waals surface area contributed by atoms with Gasteiger partial charge in [0.25, 0.3) is 5.91 Å². The second kappa shape index (κ2) is 6.87. The van der Waals surface area contributed by atoms with Crippen molar-refractivity contribution in [1.82, 2.24) is 5.32 Å². The molecule has 0 spiro atoms. The highest BCUT2D eigenvalue weighted by Crippen LogP contribution is 2.23. The summed E-state index contributed by atoms with van der Waals surface area (Å²) in [5.74, 6) is 0.949. The Bertz CT molecular complexity index is 824. The van der Waals surface area contributed by atoms with E-state index < -0.39 is 0 Å². The zero-order valence-corrected chi connectivity index (χ0v) is 14.2. The van der Waals surface area contributed by atoms with Crippen LogP contribution in [-0.2, 0) is 6.42 Å². The van der Waals surface area contributed by atoms with Gasteiger partial charge in [-0.15, -0.1) is 0 Å². The number of ether oxygens (including phenoxy) is 1. The highest BCUT2D eigenvalue weighted by atomic mass is 79.9. The van der Waals surface area contributed by atoms with E-state index in [4.69, 9.17) is 9.15 Å². The summed E-state index contributed by atoms with van der Waals surface area (Å²) in [6, 6.07) is 15.2. The van der Waals surface area contributed by atoms with E-state index in [1.54, 1.807) is 13.2 Å². The summed E-state index contributed by atoms with van der Waals surface area (Å²) in [5.41, 5.74) is 1.83. The van der Waals surface area contributed by atoms with Gasteiger partial charge in [0, 0.05) is 16.4 Å². The zero-order chi connectivity index (χ0) is 16.2. The lowest BCUT2D eigenvalue weighted by molar-refractivity contribution is 0.0928. The lowest BCUT2D eigenvalue weighted by Crippen LogP contribution is -2.25. The van der Waals surface area contributed by atoms with E-state index in [-0.39, 0.29) is 5.91 Å². The van der Waals surface area contributed by atoms with E-state index in [0.29, 0.717) is 17.9 Å². The van der Waals surface area contributed by atoms with Crippen molar-refractivity contribution < 1.29 is 13.9 Å². The van der Waals surface area contributed by atoms with Crippen LogP contribution in [0.4, 0.5) is 0 Å². The molecule has 0 atom stereocenters. The summed E-state index contributed by atoms with van der Waals surface area (Å²) < 4.78 is 11.6. The Kier molecular flexibility index (Phi) is 4.67. The van der Waals surface area contributed by atoms with Gasteiger partial charge in [-0.05, 0) is 48.4 Å². The molecule has 0 fully saturated rings. The summed E-state index contributed by atoms with van der Waals surface area (Å²) in [5, 5.41) is 3.79. The SMILES string of the molecule is COc1ccc(CCNC(=O)c2cc3ccc(Br)cc3o2)cc1. The molecule has 0 saturated heterocycles. The molecule has 3 aromatic rings. The molecule has 0 radical (unpaired) electrons. The number of carbonyl (C=O) groups excluding carboxylic acids is 1. The van der Waals surface area contributed by atoms with Crippen molar-refractivity contribution in [1.29, 1.82) is 0 Å². The van der Waals surface area contributed by atoms with Crippen LogP contribution in [0.2, 0.25) is 0 Å². The molecule has 5 heteroatoms. The molecular weight excluding hydrogens is 358 g/mol. The van der Waals surface area contributed by atoms with Gasteiger partial charge in [-0.25, -0.2) is 0 Å². The van der Waals surface area contributed by atoms with Gasteiger partial charge >= 0.3 is 0 Å². The van der Waals surface area contributed by atoms with Gasteiger partial charge in [-0.3, -0.25) is 4.79 Å². The number of hydrogen-bond acceptors (Lipinski definition) is 3. The summed E-state index contributed by atoms with van der Waals surface area (Å²) in [4.78, 5) is 12.2. The van der Waals surface area contributed by atoms with Gasteiger partial charge in [0.2, 0.25) is 0 Å². The predicted molar refractivity (Wildman–Crippen MR) is 92.9 cm³/mol. The van der Waals surface area contributed by atoms with E-state index in [1.807, 2.05) is 42.5 Å². The van der Waals surface area contributed by atoms with E-state index in [9.17, 15) is 4.79 Å². The Morgan fingerprint density at radius 1 is 1.17 bits per heavy atom. The number of methoxy groups -OCH3 is 1. The van der Waals surface area contributed by atoms with Gasteiger partial charge in [0.1, 0.15) is 11.3 Å². The minimum atomic E-state index is -0.203. The first-order chi connectivity index (χ1) is 11.2. The van der Waals surface area contributed by atoms with E-state index >= 15 is 0 Å². The van der Waals surface area contributed by atoms with Gasteiger partial charge in [-0.2, -0.15) is 0 Å². The number of rotatable bonds is 5. The highest BCUT2D eigenvalue weighted by molar-refractivity contribution is 9.10. The molecule has 118 valence electrons. The van der Waals surface area contributed by atoms with Crippen molar-refractivity contribution in [3.8, 4) is 5.75 Å². The van der Waals surface area contributed by atoms with Crippen LogP contribution >= 0.6 is 15.9 Å². The Hall–Kier alpha value is -2.27. The second-order valence-corrected chi connectivity index (χ2v) is 6.06. The Morgan fingerprint density at radius 3 is 2.70 bits per heavy atom. The number of furan rings is 1. The van der Waals surface area contributed by atoms with Crippen LogP contribution in [0.3, 0.4) is 0 Å². The van der Waals surface area contributed by atoms with Crippen LogP contribution in [0.5, 0.6) is 5.75 Å². The smallest absolute Gasteiger partial charge is 0.287 e. The first-order valence-corrected chi connectivity index (χ1v) is 8.05. The van der Waals surface area contributed by atoms with Crippen molar-refractivity contribution in [3.05, 3.63) is 64.3 Å². The molecule has 1 N–H and O–H groups in total. The largest absolute Gasteiger partial charge is 0.497 e. The lowest BCUT2D eigenvalue weighted by Gasteiger charge is -2.04. The van der Waals surface area contributed by atoms with Gasteiger partial charge in [0.05, 0.1) is 7.11 Å². The predicted octanol–water partition coefficient (Wildman–Crippen LogP) is 4.18. The molecule has 2 aromatic carbocycles. The quantitative estimate of drug-likeness (QED) is 0.729. The fraction of sp³-hybridized carbons (Fsp3) is 0.167. The molecule has 4 nitrogen and oxygen atoms in total. The van der Waals surface area contributed by atoms with Gasteiger partial charge in [-0.1, -0.05) is 28.1 Å². The standard InChI is InChI=1S/C18H16BrNO3/c1-22-15-6-2-12(3-7-15)8-9-20-18(21)17-10-13-4-5-14(19)11-16(13)23-17/h2-7,10-11H,8-9H2,1H3,(H,20,21). The number of amides is 1. The van der Waals surface area contributed by atoms with Crippen molar-refractivity contribution in [2.24, 2.45) is 0 Å². The average Bonchev–Trinajstić information content (AvgIpc) is 2.98. The van der Waals surface area contributed by atoms with Crippen molar-refractivity contribution in [2.45, 2.75) is 6.42 Å². The number of nitrogens with one attached hydrogen (secondary N) is 1. The topological polar surface area (TPSA) is 51.5 Å². The molecule has 3 rings (SSSR count). The van der Waals surface area contributed by atoms with Crippen LogP contribution < -0.4 is 10.1 Å². The molecule has 0 aliphatic rings. The zero-order valence-electron chi connectivity index (χ0n) is 12.6. The van der Waals surface area contributed by atoms with Crippen molar-refractivity contribution in [3.63, 3.8) is 0 Å². The fourth-order valence-corrected chi connectivity index (χ4v) is 2.66. The number of halogens is 1. The third-order valence-corrected chi connectivity index (χ3v) is 4.06. The van der Waals surface area contributed by atoms with Gasteiger partial charge < -0.3 is 14.5 Å². The minimum Gasteiger partial charge on any atom is -0.497 e. The van der Waals surface area contributed by atoms with E-state index in [1.165, 1.54) is 0 Å². The third-order valence-electron chi connectivity index (χ3n) is 3.56. The first-order valence-electron chi connectivity index (χ1n) is 7.26. The average molecular weight is 374 g/mol. The normalized spacial score (nSPS) is 10.7. The summed E-state index contributed by atoms with van der Waals surface area (Å²) in [6.45, 7) is 0.548. The molecule has 0 saturated carbocycles. The summed E-state index contributed by atoms with van der Waals surface area (Å²) >= 11 is 3.39. The third kappa shape index (κ3) is 3.74. The number of fused-ring (bicyclic) bond motifs is 1. The molecule has 0 unspecified atom stereocenters. The maximum atomic E-state index is 12.2. The van der Waals surface area contributed by atoms with Crippen LogP contribution in [0.15, 0.2) is 57.4 Å².